The van der Waals surface area contributed by atoms with Gasteiger partial charge in [0.15, 0.2) is 11.6 Å². The minimum atomic E-state index is -1.12. The number of alkyl halides is 1. The molecule has 1 aromatic carbocycles. The fraction of sp³-hybridized carbons (Fsp3) is 0.348. The Labute approximate surface area is 179 Å². The maximum Gasteiger partial charge on any atom is 0.408 e. The van der Waals surface area contributed by atoms with Crippen molar-refractivity contribution in [1.82, 2.24) is 14.3 Å². The van der Waals surface area contributed by atoms with E-state index < -0.39 is 23.7 Å². The van der Waals surface area contributed by atoms with Crippen LogP contribution in [0.15, 0.2) is 42.6 Å². The third-order valence-corrected chi connectivity index (χ3v) is 5.63. The van der Waals surface area contributed by atoms with Crippen LogP contribution in [0, 0.1) is 5.92 Å². The van der Waals surface area contributed by atoms with E-state index in [4.69, 9.17) is 5.73 Å². The van der Waals surface area contributed by atoms with Gasteiger partial charge in [-0.05, 0) is 56.0 Å². The van der Waals surface area contributed by atoms with E-state index in [1.165, 1.54) is 4.90 Å². The van der Waals surface area contributed by atoms with Crippen LogP contribution in [0.5, 0.6) is 0 Å². The normalized spacial score (nSPS) is 18.2. The number of amides is 1. The number of aromatic nitrogens is 2. The highest BCUT2D eigenvalue weighted by atomic mass is 19.1. The lowest BCUT2D eigenvalue weighted by molar-refractivity contribution is 0.0944. The Hall–Kier alpha value is -3.42. The summed E-state index contributed by atoms with van der Waals surface area (Å²) in [7, 11) is 0. The average Bonchev–Trinajstić information content (AvgIpc) is 3.33. The maximum absolute atomic E-state index is 13.5. The maximum atomic E-state index is 13.5. The second-order valence-corrected chi connectivity index (χ2v) is 8.91. The van der Waals surface area contributed by atoms with E-state index in [0.29, 0.717) is 5.65 Å². The summed E-state index contributed by atoms with van der Waals surface area (Å²) in [6.07, 6.45) is -0.159. The van der Waals surface area contributed by atoms with E-state index in [1.54, 1.807) is 16.7 Å². The average molecular weight is 424 g/mol. The van der Waals surface area contributed by atoms with Gasteiger partial charge in [-0.1, -0.05) is 24.3 Å². The summed E-state index contributed by atoms with van der Waals surface area (Å²) in [5, 5.41) is 9.68. The van der Waals surface area contributed by atoms with Gasteiger partial charge in [0, 0.05) is 11.7 Å². The van der Waals surface area contributed by atoms with Crippen molar-refractivity contribution in [2.75, 3.05) is 5.73 Å². The lowest BCUT2D eigenvalue weighted by Crippen LogP contribution is -2.44. The number of nitrogens with two attached hydrogens (primary N) is 1. The minimum Gasteiger partial charge on any atom is -0.465 e. The molecule has 31 heavy (non-hydrogen) atoms. The standard InChI is InChI=1S/C23H25FN4O3/c1-23(2,3)28(22(30)31)12-13-6-4-5-7-15(13)14-8-9-18-26-21(25)19(27(18)11-14)20(29)16-10-17(16)24/h4-9,11,16-17H,10,12,25H2,1-3H3,(H,30,31)/t16-,17+/m1/s1. The van der Waals surface area contributed by atoms with E-state index >= 15 is 0 Å². The number of rotatable bonds is 5. The molecule has 0 spiro atoms. The van der Waals surface area contributed by atoms with Crippen LogP contribution in [0.25, 0.3) is 16.8 Å². The molecular weight excluding hydrogens is 399 g/mol. The molecule has 1 fully saturated rings. The molecule has 0 bridgehead atoms. The summed E-state index contributed by atoms with van der Waals surface area (Å²) in [4.78, 5) is 30.1. The van der Waals surface area contributed by atoms with Crippen LogP contribution in [0.3, 0.4) is 0 Å². The van der Waals surface area contributed by atoms with Crippen molar-refractivity contribution in [3.05, 3.63) is 53.9 Å². The zero-order chi connectivity index (χ0) is 22.5. The largest absolute Gasteiger partial charge is 0.465 e. The number of carbonyl (C=O) groups excluding carboxylic acids is 1. The third-order valence-electron chi connectivity index (χ3n) is 5.63. The molecule has 2 heterocycles. The summed E-state index contributed by atoms with van der Waals surface area (Å²) in [6.45, 7) is 5.74. The van der Waals surface area contributed by atoms with Gasteiger partial charge in [-0.3, -0.25) is 14.1 Å². The van der Waals surface area contributed by atoms with Gasteiger partial charge >= 0.3 is 6.09 Å². The fourth-order valence-electron chi connectivity index (χ4n) is 3.78. The number of benzene rings is 1. The molecule has 1 aliphatic rings. The smallest absolute Gasteiger partial charge is 0.408 e. The van der Waals surface area contributed by atoms with E-state index in [-0.39, 0.29) is 30.3 Å². The number of ketones is 1. The zero-order valence-electron chi connectivity index (χ0n) is 17.7. The van der Waals surface area contributed by atoms with Crippen molar-refractivity contribution in [2.45, 2.75) is 45.4 Å². The van der Waals surface area contributed by atoms with Crippen LogP contribution in [0.4, 0.5) is 15.0 Å². The van der Waals surface area contributed by atoms with E-state index in [0.717, 1.165) is 16.7 Å². The van der Waals surface area contributed by atoms with Crippen LogP contribution in [0.2, 0.25) is 0 Å². The first-order valence-electron chi connectivity index (χ1n) is 10.1. The van der Waals surface area contributed by atoms with Crippen molar-refractivity contribution >= 4 is 23.3 Å². The molecular formula is C23H25FN4O3. The first-order valence-corrected chi connectivity index (χ1v) is 10.1. The predicted octanol–water partition coefficient (Wildman–Crippen LogP) is 4.40. The van der Waals surface area contributed by atoms with E-state index in [1.807, 2.05) is 51.1 Å². The van der Waals surface area contributed by atoms with E-state index in [9.17, 15) is 19.1 Å². The van der Waals surface area contributed by atoms with Crippen LogP contribution in [-0.2, 0) is 6.54 Å². The molecule has 1 saturated carbocycles. The van der Waals surface area contributed by atoms with Crippen LogP contribution >= 0.6 is 0 Å². The van der Waals surface area contributed by atoms with Gasteiger partial charge in [0.25, 0.3) is 0 Å². The summed E-state index contributed by atoms with van der Waals surface area (Å²) in [5.41, 5.74) is 8.54. The molecule has 0 radical (unpaired) electrons. The monoisotopic (exact) mass is 424 g/mol. The fourth-order valence-corrected chi connectivity index (χ4v) is 3.78. The number of fused-ring (bicyclic) bond motifs is 1. The molecule has 0 saturated heterocycles. The highest BCUT2D eigenvalue weighted by molar-refractivity contribution is 6.03. The van der Waals surface area contributed by atoms with Gasteiger partial charge in [0.05, 0.1) is 12.5 Å². The summed E-state index contributed by atoms with van der Waals surface area (Å²) in [6, 6.07) is 11.1. The van der Waals surface area contributed by atoms with Gasteiger partial charge < -0.3 is 10.8 Å². The first-order chi connectivity index (χ1) is 14.6. The van der Waals surface area contributed by atoms with Gasteiger partial charge in [0.2, 0.25) is 0 Å². The number of halogens is 1. The Morgan fingerprint density at radius 1 is 1.26 bits per heavy atom. The number of pyridine rings is 1. The van der Waals surface area contributed by atoms with Gasteiger partial charge in [-0.25, -0.2) is 14.2 Å². The molecule has 0 unspecified atom stereocenters. The molecule has 8 heteroatoms. The number of nitrogen functional groups attached to an aromatic ring is 1. The lowest BCUT2D eigenvalue weighted by Gasteiger charge is -2.33. The molecule has 0 aliphatic heterocycles. The Kier molecular flexibility index (Phi) is 4.95. The van der Waals surface area contributed by atoms with Gasteiger partial charge in [0.1, 0.15) is 17.5 Å². The predicted molar refractivity (Wildman–Crippen MR) is 116 cm³/mol. The summed E-state index contributed by atoms with van der Waals surface area (Å²) >= 11 is 0. The molecule has 7 nitrogen and oxygen atoms in total. The molecule has 3 aromatic rings. The molecule has 4 rings (SSSR count). The highest BCUT2D eigenvalue weighted by Crippen LogP contribution is 2.38. The van der Waals surface area contributed by atoms with Crippen molar-refractivity contribution < 1.29 is 19.1 Å². The number of anilines is 1. The van der Waals surface area contributed by atoms with Crippen LogP contribution in [-0.4, -0.2) is 43.0 Å². The quantitative estimate of drug-likeness (QED) is 0.591. The Morgan fingerprint density at radius 2 is 1.94 bits per heavy atom. The molecule has 1 aliphatic carbocycles. The van der Waals surface area contributed by atoms with E-state index in [2.05, 4.69) is 4.98 Å². The molecule has 2 aromatic heterocycles. The van der Waals surface area contributed by atoms with Gasteiger partial charge in [-0.15, -0.1) is 0 Å². The van der Waals surface area contributed by atoms with Crippen LogP contribution in [0.1, 0.15) is 43.2 Å². The van der Waals surface area contributed by atoms with Crippen molar-refractivity contribution in [3.63, 3.8) is 0 Å². The number of imidazole rings is 1. The molecule has 3 N–H and O–H groups in total. The lowest BCUT2D eigenvalue weighted by atomic mass is 9.98. The number of carboxylic acid groups (broad SMARTS) is 1. The topological polar surface area (TPSA) is 101 Å². The molecule has 162 valence electrons. The summed E-state index contributed by atoms with van der Waals surface area (Å²) < 4.78 is 15.1. The minimum absolute atomic E-state index is 0.0827. The third kappa shape index (κ3) is 3.85. The Balaban J connectivity index is 1.78. The summed E-state index contributed by atoms with van der Waals surface area (Å²) in [5.74, 6) is -0.916. The number of Topliss-reactive ketones (excluding diaryl/α,β-unsaturated/α-hetero) is 1. The number of nitrogens with zero attached hydrogens (tertiary/aromatic N) is 3. The second-order valence-electron chi connectivity index (χ2n) is 8.91. The number of hydrogen-bond donors (Lipinski definition) is 2. The first kappa shape index (κ1) is 20.8. The number of carbonyl (C=O) groups is 2. The van der Waals surface area contributed by atoms with Crippen molar-refractivity contribution in [2.24, 2.45) is 5.92 Å². The van der Waals surface area contributed by atoms with Gasteiger partial charge in [-0.2, -0.15) is 0 Å². The number of hydrogen-bond acceptors (Lipinski definition) is 4. The molecule has 2 atom stereocenters. The highest BCUT2D eigenvalue weighted by Gasteiger charge is 2.45. The van der Waals surface area contributed by atoms with Crippen molar-refractivity contribution in [3.8, 4) is 11.1 Å². The van der Waals surface area contributed by atoms with Crippen LogP contribution < -0.4 is 5.73 Å². The van der Waals surface area contributed by atoms with Crippen molar-refractivity contribution in [1.29, 1.82) is 0 Å². The zero-order valence-corrected chi connectivity index (χ0v) is 17.7. The SMILES string of the molecule is CC(C)(C)N(Cc1ccccc1-c1ccc2nc(N)c(C(=O)[C@@H]3C[C@@H]3F)n2c1)C(=O)O. The molecule has 1 amide bonds. The second kappa shape index (κ2) is 7.37. The Bertz CT molecular complexity index is 1180. The Morgan fingerprint density at radius 3 is 2.55 bits per heavy atom.